The van der Waals surface area contributed by atoms with Gasteiger partial charge < -0.3 is 9.80 Å². The van der Waals surface area contributed by atoms with Crippen molar-refractivity contribution in [2.24, 2.45) is 5.92 Å². The Morgan fingerprint density at radius 3 is 2.29 bits per heavy atom. The van der Waals surface area contributed by atoms with E-state index in [-0.39, 0.29) is 17.7 Å². The number of amides is 2. The van der Waals surface area contributed by atoms with E-state index in [1.165, 1.54) is 6.42 Å². The molecule has 0 aliphatic carbocycles. The zero-order valence-electron chi connectivity index (χ0n) is 13.6. The molecule has 0 N–H and O–H groups in total. The molecule has 0 aromatic heterocycles. The third-order valence-electron chi connectivity index (χ3n) is 4.96. The molecule has 2 heterocycles. The molecule has 0 saturated carbocycles. The molecule has 0 bridgehead atoms. The summed E-state index contributed by atoms with van der Waals surface area (Å²) in [7, 11) is 0. The highest BCUT2D eigenvalue weighted by Gasteiger charge is 2.31. The van der Waals surface area contributed by atoms with Crippen molar-refractivity contribution in [1.29, 1.82) is 0 Å². The van der Waals surface area contributed by atoms with E-state index in [1.807, 2.05) is 15.9 Å². The highest BCUT2D eigenvalue weighted by molar-refractivity contribution is 9.10. The van der Waals surface area contributed by atoms with Gasteiger partial charge in [0.1, 0.15) is 0 Å². The number of carbonyl (C=O) groups excluding carboxylic acids is 2. The molecular weight excluding hydrogens is 392 g/mol. The van der Waals surface area contributed by atoms with Gasteiger partial charge in [0.15, 0.2) is 0 Å². The Morgan fingerprint density at radius 1 is 1.00 bits per heavy atom. The molecule has 2 saturated heterocycles. The van der Waals surface area contributed by atoms with E-state index in [1.54, 1.807) is 12.1 Å². The second-order valence-electron chi connectivity index (χ2n) is 6.58. The van der Waals surface area contributed by atoms with Crippen molar-refractivity contribution in [1.82, 2.24) is 9.80 Å². The van der Waals surface area contributed by atoms with Gasteiger partial charge in [0.05, 0.1) is 10.6 Å². The van der Waals surface area contributed by atoms with Crippen molar-refractivity contribution in [2.75, 3.05) is 26.2 Å². The van der Waals surface area contributed by atoms with Gasteiger partial charge in [-0.2, -0.15) is 0 Å². The van der Waals surface area contributed by atoms with Crippen LogP contribution >= 0.6 is 27.5 Å². The molecule has 0 atom stereocenters. The van der Waals surface area contributed by atoms with E-state index in [2.05, 4.69) is 15.9 Å². The Morgan fingerprint density at radius 2 is 1.67 bits per heavy atom. The molecule has 2 fully saturated rings. The van der Waals surface area contributed by atoms with Crippen LogP contribution < -0.4 is 0 Å². The number of hydrogen-bond donors (Lipinski definition) is 0. The minimum Gasteiger partial charge on any atom is -0.342 e. The molecule has 4 nitrogen and oxygen atoms in total. The van der Waals surface area contributed by atoms with Crippen LogP contribution in [0.1, 0.15) is 42.5 Å². The van der Waals surface area contributed by atoms with Gasteiger partial charge in [0.2, 0.25) is 5.91 Å². The molecule has 6 heteroatoms. The first-order valence-electron chi connectivity index (χ1n) is 8.59. The molecule has 3 rings (SSSR count). The zero-order chi connectivity index (χ0) is 17.1. The van der Waals surface area contributed by atoms with Crippen LogP contribution in [-0.4, -0.2) is 47.8 Å². The van der Waals surface area contributed by atoms with Gasteiger partial charge >= 0.3 is 0 Å². The van der Waals surface area contributed by atoms with Gasteiger partial charge in [-0.3, -0.25) is 9.59 Å². The molecular formula is C18H22BrClN2O2. The number of rotatable bonds is 2. The van der Waals surface area contributed by atoms with E-state index in [0.717, 1.165) is 43.2 Å². The number of nitrogens with zero attached hydrogens (tertiary/aromatic N) is 2. The number of piperidine rings is 2. The third kappa shape index (κ3) is 3.94. The lowest BCUT2D eigenvalue weighted by Gasteiger charge is -2.35. The van der Waals surface area contributed by atoms with Gasteiger partial charge in [0.25, 0.3) is 5.91 Å². The number of hydrogen-bond acceptors (Lipinski definition) is 2. The van der Waals surface area contributed by atoms with E-state index in [4.69, 9.17) is 11.6 Å². The fraction of sp³-hybridized carbons (Fsp3) is 0.556. The summed E-state index contributed by atoms with van der Waals surface area (Å²) in [4.78, 5) is 29.1. The van der Waals surface area contributed by atoms with Crippen LogP contribution in [0.4, 0.5) is 0 Å². The van der Waals surface area contributed by atoms with Gasteiger partial charge in [-0.15, -0.1) is 0 Å². The molecule has 0 spiro atoms. The standard InChI is InChI=1S/C18H22BrClN2O2/c19-14-4-5-15(16(20)12-14)18(24)22-10-6-13(7-11-22)17(23)21-8-2-1-3-9-21/h4-5,12-13H,1-3,6-11H2. The Bertz CT molecular complexity index is 623. The topological polar surface area (TPSA) is 40.6 Å². The molecule has 2 aliphatic rings. The van der Waals surface area contributed by atoms with E-state index in [9.17, 15) is 9.59 Å². The Labute approximate surface area is 156 Å². The number of likely N-dealkylation sites (tertiary alicyclic amines) is 2. The number of carbonyl (C=O) groups is 2. The first-order chi connectivity index (χ1) is 11.6. The lowest BCUT2D eigenvalue weighted by atomic mass is 9.94. The van der Waals surface area contributed by atoms with Crippen molar-refractivity contribution < 1.29 is 9.59 Å². The average molecular weight is 414 g/mol. The van der Waals surface area contributed by atoms with E-state index < -0.39 is 0 Å². The summed E-state index contributed by atoms with van der Waals surface area (Å²) < 4.78 is 0.856. The van der Waals surface area contributed by atoms with Crippen LogP contribution in [0.2, 0.25) is 5.02 Å². The number of benzene rings is 1. The summed E-state index contributed by atoms with van der Waals surface area (Å²) in [5.41, 5.74) is 0.528. The Hall–Kier alpha value is -1.07. The normalized spacial score (nSPS) is 19.4. The van der Waals surface area contributed by atoms with Crippen LogP contribution in [0, 0.1) is 5.92 Å². The van der Waals surface area contributed by atoms with Crippen molar-refractivity contribution >= 4 is 39.3 Å². The maximum absolute atomic E-state index is 12.6. The van der Waals surface area contributed by atoms with Crippen LogP contribution in [-0.2, 0) is 4.79 Å². The molecule has 1 aromatic rings. The largest absolute Gasteiger partial charge is 0.342 e. The summed E-state index contributed by atoms with van der Waals surface area (Å²) in [6.45, 7) is 3.03. The Kier molecular flexibility index (Phi) is 5.82. The van der Waals surface area contributed by atoms with Crippen molar-refractivity contribution in [3.8, 4) is 0 Å². The molecule has 2 amide bonds. The first kappa shape index (κ1) is 17.7. The third-order valence-corrected chi connectivity index (χ3v) is 5.77. The van der Waals surface area contributed by atoms with Gasteiger partial charge in [-0.1, -0.05) is 27.5 Å². The highest BCUT2D eigenvalue weighted by atomic mass is 79.9. The molecule has 130 valence electrons. The predicted molar refractivity (Wildman–Crippen MR) is 98.2 cm³/mol. The fourth-order valence-corrected chi connectivity index (χ4v) is 4.29. The van der Waals surface area contributed by atoms with Crippen LogP contribution in [0.5, 0.6) is 0 Å². The van der Waals surface area contributed by atoms with Gasteiger partial charge in [0, 0.05) is 36.6 Å². The van der Waals surface area contributed by atoms with Crippen molar-refractivity contribution in [3.63, 3.8) is 0 Å². The SMILES string of the molecule is O=C(c1ccc(Br)cc1Cl)N1CCC(C(=O)N2CCCCC2)CC1. The fourth-order valence-electron chi connectivity index (χ4n) is 3.54. The summed E-state index contributed by atoms with van der Waals surface area (Å²) >= 11 is 9.54. The lowest BCUT2D eigenvalue weighted by Crippen LogP contribution is -2.45. The highest BCUT2D eigenvalue weighted by Crippen LogP contribution is 2.26. The smallest absolute Gasteiger partial charge is 0.255 e. The first-order valence-corrected chi connectivity index (χ1v) is 9.76. The summed E-state index contributed by atoms with van der Waals surface area (Å²) in [5.74, 6) is 0.299. The predicted octanol–water partition coefficient (Wildman–Crippen LogP) is 3.97. The molecule has 1 aromatic carbocycles. The average Bonchev–Trinajstić information content (AvgIpc) is 2.61. The van der Waals surface area contributed by atoms with Crippen molar-refractivity contribution in [3.05, 3.63) is 33.3 Å². The van der Waals surface area contributed by atoms with Crippen LogP contribution in [0.3, 0.4) is 0 Å². The second kappa shape index (κ2) is 7.87. The molecule has 0 radical (unpaired) electrons. The quantitative estimate of drug-likeness (QED) is 0.736. The zero-order valence-corrected chi connectivity index (χ0v) is 16.0. The van der Waals surface area contributed by atoms with E-state index in [0.29, 0.717) is 23.7 Å². The minimum absolute atomic E-state index is 0.0450. The Balaban J connectivity index is 1.58. The molecule has 24 heavy (non-hydrogen) atoms. The van der Waals surface area contributed by atoms with Crippen LogP contribution in [0.25, 0.3) is 0 Å². The minimum atomic E-state index is -0.0450. The van der Waals surface area contributed by atoms with Gasteiger partial charge in [-0.05, 0) is 50.3 Å². The lowest BCUT2D eigenvalue weighted by molar-refractivity contribution is -0.137. The van der Waals surface area contributed by atoms with Gasteiger partial charge in [-0.25, -0.2) is 0 Å². The molecule has 2 aliphatic heterocycles. The maximum atomic E-state index is 12.6. The monoisotopic (exact) mass is 412 g/mol. The maximum Gasteiger partial charge on any atom is 0.255 e. The molecule has 0 unspecified atom stereocenters. The second-order valence-corrected chi connectivity index (χ2v) is 7.90. The van der Waals surface area contributed by atoms with Crippen LogP contribution in [0.15, 0.2) is 22.7 Å². The summed E-state index contributed by atoms with van der Waals surface area (Å²) in [5, 5.41) is 0.459. The summed E-state index contributed by atoms with van der Waals surface area (Å²) in [6.07, 6.45) is 4.95. The van der Waals surface area contributed by atoms with Crippen molar-refractivity contribution in [2.45, 2.75) is 32.1 Å². The van der Waals surface area contributed by atoms with E-state index >= 15 is 0 Å². The number of halogens is 2. The summed E-state index contributed by atoms with van der Waals surface area (Å²) in [6, 6.07) is 5.31.